The number of hydrogen-bond acceptors (Lipinski definition) is 4. The predicted molar refractivity (Wildman–Crippen MR) is 273 cm³/mol. The lowest BCUT2D eigenvalue weighted by Gasteiger charge is -2.31. The van der Waals surface area contributed by atoms with Crippen LogP contribution in [0.1, 0.15) is 276 Å². The first-order valence-corrected chi connectivity index (χ1v) is 26.6. The fourth-order valence-electron chi connectivity index (χ4n) is 9.15. The van der Waals surface area contributed by atoms with Crippen LogP contribution in [-0.2, 0) is 14.9 Å². The van der Waals surface area contributed by atoms with Crippen molar-refractivity contribution in [1.29, 1.82) is 0 Å². The van der Waals surface area contributed by atoms with Crippen LogP contribution in [0.3, 0.4) is 0 Å². The zero-order chi connectivity index (χ0) is 47.1. The topological polar surface area (TPSA) is 93.1 Å². The van der Waals surface area contributed by atoms with Crippen LogP contribution in [0, 0.1) is 23.7 Å². The molecule has 0 aliphatic carbocycles. The number of hydrogen-bond donors (Lipinski definition) is 2. The highest BCUT2D eigenvalue weighted by Gasteiger charge is 2.35. The molecule has 0 bridgehead atoms. The maximum absolute atomic E-state index is 12.6. The first-order valence-electron chi connectivity index (χ1n) is 26.6. The van der Waals surface area contributed by atoms with Crippen molar-refractivity contribution in [2.45, 2.75) is 239 Å². The molecule has 0 saturated heterocycles. The Morgan fingerprint density at radius 3 is 0.954 bits per heavy atom. The molecule has 0 unspecified atom stereocenters. The predicted octanol–water partition coefficient (Wildman–Crippen LogP) is 16.7. The van der Waals surface area contributed by atoms with Gasteiger partial charge in [-0.3, -0.25) is 0 Å². The van der Waals surface area contributed by atoms with Crippen molar-refractivity contribution < 1.29 is 29.3 Å². The fraction of sp³-hybridized carbons (Fsp3) is 0.695. The van der Waals surface area contributed by atoms with E-state index in [1.165, 1.54) is 180 Å². The van der Waals surface area contributed by atoms with E-state index in [2.05, 4.69) is 37.5 Å². The monoisotopic (exact) mass is 897 g/mol. The molecule has 6 nitrogen and oxygen atoms in total. The highest BCUT2D eigenvalue weighted by molar-refractivity contribution is 5.94. The smallest absolute Gasteiger partial charge is 0.336 e. The van der Waals surface area contributed by atoms with Gasteiger partial charge in [0, 0.05) is 29.8 Å². The minimum atomic E-state index is -1.10. The van der Waals surface area contributed by atoms with Crippen LogP contribution in [0.5, 0.6) is 0 Å². The molecule has 364 valence electrons. The standard InChI is InChI=1S/C59H92O6/c1-5-7-9-11-13-15-17-19-21-23-25-27-29-31-33-35-47-64-49-39-43-51-41-37-45-53(57(60)61)55(51)59(3,4)56-52(42-38-46-54(56)58(62)63)44-40-50-65-48-36-34-32-30-28-26-24-22-20-18-16-14-12-10-8-6-2/h37-38,41-42,45-46H,5-36,47-50H2,1-4H3,(H,60,61)(H,62,63). The molecule has 2 N–H and O–H groups in total. The van der Waals surface area contributed by atoms with Crippen LogP contribution < -0.4 is 0 Å². The molecule has 0 atom stereocenters. The fourth-order valence-corrected chi connectivity index (χ4v) is 9.15. The maximum atomic E-state index is 12.6. The minimum Gasteiger partial charge on any atom is -0.478 e. The molecule has 0 aliphatic heterocycles. The number of rotatable bonds is 40. The minimum absolute atomic E-state index is 0.0807. The molecule has 0 spiro atoms. The molecule has 0 heterocycles. The summed E-state index contributed by atoms with van der Waals surface area (Å²) in [6.45, 7) is 10.0. The van der Waals surface area contributed by atoms with Gasteiger partial charge >= 0.3 is 11.9 Å². The number of carboxylic acid groups (broad SMARTS) is 2. The lowest BCUT2D eigenvalue weighted by atomic mass is 9.70. The highest BCUT2D eigenvalue weighted by Crippen LogP contribution is 2.39. The van der Waals surface area contributed by atoms with Gasteiger partial charge in [-0.05, 0) is 48.2 Å². The summed E-state index contributed by atoms with van der Waals surface area (Å²) in [7, 11) is 0. The molecule has 65 heavy (non-hydrogen) atoms. The molecule has 0 aromatic heterocycles. The molecule has 2 aromatic rings. The van der Waals surface area contributed by atoms with Crippen LogP contribution in [0.15, 0.2) is 36.4 Å². The maximum Gasteiger partial charge on any atom is 0.336 e. The average Bonchev–Trinajstić information content (AvgIpc) is 3.29. The molecule has 0 amide bonds. The summed E-state index contributed by atoms with van der Waals surface area (Å²) in [5.41, 5.74) is 1.06. The number of unbranched alkanes of at least 4 members (excludes halogenated alkanes) is 30. The van der Waals surface area contributed by atoms with Crippen molar-refractivity contribution >= 4 is 11.9 Å². The summed E-state index contributed by atoms with van der Waals surface area (Å²) in [4.78, 5) is 25.3. The number of carboxylic acids is 2. The van der Waals surface area contributed by atoms with E-state index in [-0.39, 0.29) is 24.3 Å². The summed E-state index contributed by atoms with van der Waals surface area (Å²) in [5.74, 6) is 10.4. The van der Waals surface area contributed by atoms with Gasteiger partial charge in [-0.15, -0.1) is 0 Å². The Bertz CT molecular complexity index is 1550. The zero-order valence-electron chi connectivity index (χ0n) is 41.9. The first kappa shape index (κ1) is 57.5. The third-order valence-electron chi connectivity index (χ3n) is 12.9. The van der Waals surface area contributed by atoms with E-state index in [0.29, 0.717) is 35.5 Å². The Labute approximate surface area is 398 Å². The molecule has 6 heteroatoms. The molecular formula is C59H92O6. The molecule has 2 aromatic carbocycles. The van der Waals surface area contributed by atoms with Crippen molar-refractivity contribution in [3.05, 3.63) is 69.8 Å². The normalized spacial score (nSPS) is 11.3. The Kier molecular flexibility index (Phi) is 34.1. The van der Waals surface area contributed by atoms with Crippen molar-refractivity contribution in [3.63, 3.8) is 0 Å². The highest BCUT2D eigenvalue weighted by atomic mass is 16.5. The SMILES string of the molecule is CCCCCCCCCCCCCCCCCCOCC#Cc1cccc(C(=O)O)c1C(C)(C)c1c(C#CCOCCCCCCCCCCCCCCCCCC)cccc1C(=O)O. The van der Waals surface area contributed by atoms with E-state index in [0.717, 1.165) is 25.7 Å². The van der Waals surface area contributed by atoms with Crippen LogP contribution in [0.25, 0.3) is 0 Å². The van der Waals surface area contributed by atoms with Crippen molar-refractivity contribution in [1.82, 2.24) is 0 Å². The summed E-state index contributed by atoms with van der Waals surface area (Å²) in [6.07, 6.45) is 42.4. The van der Waals surface area contributed by atoms with Crippen LogP contribution in [0.2, 0.25) is 0 Å². The molecule has 2 rings (SSSR count). The second-order valence-corrected chi connectivity index (χ2v) is 19.0. The number of benzene rings is 2. The van der Waals surface area contributed by atoms with Gasteiger partial charge in [-0.25, -0.2) is 9.59 Å². The van der Waals surface area contributed by atoms with E-state index in [9.17, 15) is 19.8 Å². The van der Waals surface area contributed by atoms with Gasteiger partial charge in [0.25, 0.3) is 0 Å². The molecule has 0 radical (unpaired) electrons. The number of carbonyl (C=O) groups is 2. The van der Waals surface area contributed by atoms with Crippen molar-refractivity contribution in [3.8, 4) is 23.7 Å². The molecule has 0 fully saturated rings. The van der Waals surface area contributed by atoms with Gasteiger partial charge in [0.05, 0.1) is 11.1 Å². The Hall–Kier alpha value is -3.58. The van der Waals surface area contributed by atoms with E-state index in [1.54, 1.807) is 36.4 Å². The second kappa shape index (κ2) is 38.5. The van der Waals surface area contributed by atoms with Gasteiger partial charge in [-0.1, -0.05) is 256 Å². The van der Waals surface area contributed by atoms with E-state index in [1.807, 2.05) is 13.8 Å². The van der Waals surface area contributed by atoms with Crippen LogP contribution >= 0.6 is 0 Å². The van der Waals surface area contributed by atoms with Crippen molar-refractivity contribution in [2.24, 2.45) is 0 Å². The second-order valence-electron chi connectivity index (χ2n) is 19.0. The number of ether oxygens (including phenoxy) is 2. The molecular weight excluding hydrogens is 805 g/mol. The Balaban J connectivity index is 1.81. The number of aromatic carboxylic acids is 2. The van der Waals surface area contributed by atoms with Gasteiger partial charge in [-0.2, -0.15) is 0 Å². The third kappa shape index (κ3) is 26.4. The third-order valence-corrected chi connectivity index (χ3v) is 12.9. The van der Waals surface area contributed by atoms with Gasteiger partial charge in [0.1, 0.15) is 13.2 Å². The lowest BCUT2D eigenvalue weighted by molar-refractivity contribution is 0.0686. The van der Waals surface area contributed by atoms with E-state index < -0.39 is 17.4 Å². The summed E-state index contributed by atoms with van der Waals surface area (Å²) in [6, 6.07) is 10.1. The quantitative estimate of drug-likeness (QED) is 0.0511. The van der Waals surface area contributed by atoms with Crippen LogP contribution in [0.4, 0.5) is 0 Å². The van der Waals surface area contributed by atoms with Gasteiger partial charge < -0.3 is 19.7 Å². The summed E-state index contributed by atoms with van der Waals surface area (Å²) < 4.78 is 11.7. The average molecular weight is 897 g/mol. The van der Waals surface area contributed by atoms with E-state index in [4.69, 9.17) is 9.47 Å². The lowest BCUT2D eigenvalue weighted by Crippen LogP contribution is -2.28. The molecule has 0 aliphatic rings. The Morgan fingerprint density at radius 2 is 0.692 bits per heavy atom. The van der Waals surface area contributed by atoms with Crippen LogP contribution in [-0.4, -0.2) is 48.6 Å². The summed E-state index contributed by atoms with van der Waals surface area (Å²) >= 11 is 0. The Morgan fingerprint density at radius 1 is 0.431 bits per heavy atom. The van der Waals surface area contributed by atoms with Gasteiger partial charge in [0.15, 0.2) is 0 Å². The largest absolute Gasteiger partial charge is 0.478 e. The first-order chi connectivity index (χ1) is 31.8. The zero-order valence-corrected chi connectivity index (χ0v) is 41.9. The summed E-state index contributed by atoms with van der Waals surface area (Å²) in [5, 5.41) is 20.7. The van der Waals surface area contributed by atoms with Gasteiger partial charge in [0.2, 0.25) is 0 Å². The van der Waals surface area contributed by atoms with E-state index >= 15 is 0 Å². The molecule has 0 saturated carbocycles. The van der Waals surface area contributed by atoms with Crippen molar-refractivity contribution in [2.75, 3.05) is 26.4 Å².